The molecule has 2 aliphatic heterocycles. The van der Waals surface area contributed by atoms with Crippen molar-refractivity contribution < 1.29 is 23.8 Å². The standard InChI is InChI=1S/C27H34N2O5/c1-4-32-15-9-13-28-26(30)24-19-10-7-8-11-20(19)27(31)29-14-12-18-16-22(33-5-2)23(34-6-3)17-21(18)25(24)29/h7-8,10-11,16-17,24-25H,4-6,9,12-15H2,1-3H3,(H,28,30)/t24-,25-/m1/s1. The molecule has 4 rings (SSSR count). The Bertz CT molecular complexity index is 1040. The second-order valence-electron chi connectivity index (χ2n) is 8.46. The van der Waals surface area contributed by atoms with Gasteiger partial charge in [0, 0.05) is 31.9 Å². The third-order valence-corrected chi connectivity index (χ3v) is 6.44. The number of rotatable bonds is 10. The summed E-state index contributed by atoms with van der Waals surface area (Å²) in [4.78, 5) is 28.9. The zero-order valence-corrected chi connectivity index (χ0v) is 20.3. The molecule has 0 saturated carbocycles. The van der Waals surface area contributed by atoms with Crippen LogP contribution < -0.4 is 14.8 Å². The van der Waals surface area contributed by atoms with Gasteiger partial charge in [0.15, 0.2) is 11.5 Å². The smallest absolute Gasteiger partial charge is 0.254 e. The van der Waals surface area contributed by atoms with E-state index in [9.17, 15) is 9.59 Å². The average molecular weight is 467 g/mol. The van der Waals surface area contributed by atoms with E-state index in [1.165, 1.54) is 0 Å². The SMILES string of the molecule is CCOCCCNC(=O)[C@@H]1c2ccccc2C(=O)N2CCc3cc(OCC)c(OCC)cc3[C@H]12. The molecule has 2 heterocycles. The van der Waals surface area contributed by atoms with Crippen LogP contribution in [0.3, 0.4) is 0 Å². The lowest BCUT2D eigenvalue weighted by atomic mass is 9.75. The molecule has 2 amide bonds. The largest absolute Gasteiger partial charge is 0.490 e. The predicted octanol–water partition coefficient (Wildman–Crippen LogP) is 3.86. The van der Waals surface area contributed by atoms with Crippen LogP contribution in [0.1, 0.15) is 66.2 Å². The quantitative estimate of drug-likeness (QED) is 0.538. The van der Waals surface area contributed by atoms with Gasteiger partial charge in [-0.2, -0.15) is 0 Å². The Hall–Kier alpha value is -3.06. The first-order valence-corrected chi connectivity index (χ1v) is 12.3. The molecule has 0 radical (unpaired) electrons. The van der Waals surface area contributed by atoms with Crippen LogP contribution in [0.25, 0.3) is 0 Å². The molecule has 34 heavy (non-hydrogen) atoms. The summed E-state index contributed by atoms with van der Waals surface area (Å²) in [6, 6.07) is 11.1. The van der Waals surface area contributed by atoms with Crippen LogP contribution in [0.4, 0.5) is 0 Å². The maximum Gasteiger partial charge on any atom is 0.254 e. The summed E-state index contributed by atoms with van der Waals surface area (Å²) >= 11 is 0. The van der Waals surface area contributed by atoms with Crippen LogP contribution in [0.5, 0.6) is 11.5 Å². The molecule has 0 saturated heterocycles. The lowest BCUT2D eigenvalue weighted by molar-refractivity contribution is -0.124. The van der Waals surface area contributed by atoms with Crippen LogP contribution in [0.2, 0.25) is 0 Å². The lowest BCUT2D eigenvalue weighted by Gasteiger charge is -2.45. The summed E-state index contributed by atoms with van der Waals surface area (Å²) in [5, 5.41) is 3.09. The molecular formula is C27H34N2O5. The van der Waals surface area contributed by atoms with Gasteiger partial charge in [-0.1, -0.05) is 18.2 Å². The maximum atomic E-state index is 13.6. The van der Waals surface area contributed by atoms with Gasteiger partial charge in [0.05, 0.1) is 25.2 Å². The van der Waals surface area contributed by atoms with E-state index in [4.69, 9.17) is 14.2 Å². The second-order valence-corrected chi connectivity index (χ2v) is 8.46. The van der Waals surface area contributed by atoms with Crippen molar-refractivity contribution in [3.8, 4) is 11.5 Å². The van der Waals surface area contributed by atoms with Gasteiger partial charge in [0.1, 0.15) is 0 Å². The van der Waals surface area contributed by atoms with Crippen LogP contribution in [-0.4, -0.2) is 56.2 Å². The lowest BCUT2D eigenvalue weighted by Crippen LogP contribution is -2.50. The number of carbonyl (C=O) groups excluding carboxylic acids is 2. The minimum absolute atomic E-state index is 0.0292. The first-order valence-electron chi connectivity index (χ1n) is 12.3. The highest BCUT2D eigenvalue weighted by atomic mass is 16.5. The highest BCUT2D eigenvalue weighted by Gasteiger charge is 2.46. The molecule has 7 nitrogen and oxygen atoms in total. The first-order chi connectivity index (χ1) is 16.6. The molecule has 2 aromatic rings. The number of nitrogens with one attached hydrogen (secondary N) is 1. The van der Waals surface area contributed by atoms with Crippen LogP contribution in [0.15, 0.2) is 36.4 Å². The van der Waals surface area contributed by atoms with Crippen molar-refractivity contribution in [2.24, 2.45) is 0 Å². The summed E-state index contributed by atoms with van der Waals surface area (Å²) < 4.78 is 17.1. The van der Waals surface area contributed by atoms with Gasteiger partial charge in [0.2, 0.25) is 5.91 Å². The Morgan fingerprint density at radius 1 is 1.03 bits per heavy atom. The van der Waals surface area contributed by atoms with Crippen LogP contribution >= 0.6 is 0 Å². The fourth-order valence-electron chi connectivity index (χ4n) is 4.99. The molecule has 0 spiro atoms. The van der Waals surface area contributed by atoms with Gasteiger partial charge in [-0.25, -0.2) is 0 Å². The molecule has 182 valence electrons. The van der Waals surface area contributed by atoms with Gasteiger partial charge >= 0.3 is 0 Å². The number of nitrogens with zero attached hydrogens (tertiary/aromatic N) is 1. The molecule has 2 atom stereocenters. The summed E-state index contributed by atoms with van der Waals surface area (Å²) in [6.07, 6.45) is 1.44. The number of hydrogen-bond donors (Lipinski definition) is 1. The van der Waals surface area contributed by atoms with Crippen molar-refractivity contribution in [1.82, 2.24) is 10.2 Å². The molecule has 0 aliphatic carbocycles. The molecular weight excluding hydrogens is 432 g/mol. The number of ether oxygens (including phenoxy) is 3. The fourth-order valence-corrected chi connectivity index (χ4v) is 4.99. The number of carbonyl (C=O) groups is 2. The topological polar surface area (TPSA) is 77.1 Å². The molecule has 2 aliphatic rings. The number of hydrogen-bond acceptors (Lipinski definition) is 5. The van der Waals surface area contributed by atoms with E-state index in [0.717, 1.165) is 23.1 Å². The Balaban J connectivity index is 1.75. The minimum Gasteiger partial charge on any atom is -0.490 e. The number of amides is 2. The highest BCUT2D eigenvalue weighted by molar-refractivity contribution is 6.01. The Kier molecular flexibility index (Phi) is 7.73. The fraction of sp³-hybridized carbons (Fsp3) is 0.481. The van der Waals surface area contributed by atoms with Crippen LogP contribution in [-0.2, 0) is 16.0 Å². The number of fused-ring (bicyclic) bond motifs is 4. The summed E-state index contributed by atoms with van der Waals surface area (Å²) in [5.41, 5.74) is 3.42. The first kappa shape index (κ1) is 24.1. The van der Waals surface area contributed by atoms with E-state index < -0.39 is 12.0 Å². The van der Waals surface area contributed by atoms with Crippen molar-refractivity contribution in [2.45, 2.75) is 45.6 Å². The molecule has 7 heteroatoms. The zero-order chi connectivity index (χ0) is 24.1. The normalized spacial score (nSPS) is 18.6. The maximum absolute atomic E-state index is 13.6. The van der Waals surface area contributed by atoms with E-state index in [0.29, 0.717) is 63.0 Å². The minimum atomic E-state index is -0.507. The second kappa shape index (κ2) is 10.9. The van der Waals surface area contributed by atoms with Gasteiger partial charge in [-0.3, -0.25) is 9.59 Å². The van der Waals surface area contributed by atoms with E-state index >= 15 is 0 Å². The molecule has 0 aromatic heterocycles. The van der Waals surface area contributed by atoms with Gasteiger partial charge < -0.3 is 24.4 Å². The number of benzene rings is 2. The summed E-state index contributed by atoms with van der Waals surface area (Å²) in [6.45, 7) is 9.21. The Morgan fingerprint density at radius 2 is 1.76 bits per heavy atom. The Labute approximate surface area is 201 Å². The average Bonchev–Trinajstić information content (AvgIpc) is 2.85. The van der Waals surface area contributed by atoms with Gasteiger partial charge in [0.25, 0.3) is 5.91 Å². The monoisotopic (exact) mass is 466 g/mol. The van der Waals surface area contributed by atoms with Gasteiger partial charge in [-0.05, 0) is 68.5 Å². The molecule has 1 N–H and O–H groups in total. The molecule has 0 unspecified atom stereocenters. The van der Waals surface area contributed by atoms with Crippen molar-refractivity contribution in [3.63, 3.8) is 0 Å². The van der Waals surface area contributed by atoms with Crippen LogP contribution in [0, 0.1) is 0 Å². The van der Waals surface area contributed by atoms with E-state index in [1.54, 1.807) is 0 Å². The van der Waals surface area contributed by atoms with Crippen molar-refractivity contribution in [3.05, 3.63) is 58.7 Å². The van der Waals surface area contributed by atoms with Gasteiger partial charge in [-0.15, -0.1) is 0 Å². The van der Waals surface area contributed by atoms with E-state index in [-0.39, 0.29) is 11.8 Å². The summed E-state index contributed by atoms with van der Waals surface area (Å²) in [7, 11) is 0. The van der Waals surface area contributed by atoms with E-state index in [1.807, 2.05) is 62.1 Å². The van der Waals surface area contributed by atoms with Crippen molar-refractivity contribution in [2.75, 3.05) is 39.5 Å². The van der Waals surface area contributed by atoms with Crippen molar-refractivity contribution in [1.29, 1.82) is 0 Å². The third-order valence-electron chi connectivity index (χ3n) is 6.44. The zero-order valence-electron chi connectivity index (χ0n) is 20.3. The molecule has 0 bridgehead atoms. The Morgan fingerprint density at radius 3 is 2.50 bits per heavy atom. The molecule has 2 aromatic carbocycles. The van der Waals surface area contributed by atoms with E-state index in [2.05, 4.69) is 5.32 Å². The summed E-state index contributed by atoms with van der Waals surface area (Å²) in [5.74, 6) is 0.736. The highest BCUT2D eigenvalue weighted by Crippen LogP contribution is 2.48. The predicted molar refractivity (Wildman–Crippen MR) is 130 cm³/mol. The van der Waals surface area contributed by atoms with Crippen molar-refractivity contribution >= 4 is 11.8 Å². The third kappa shape index (κ3) is 4.62. The molecule has 0 fully saturated rings.